The average molecular weight is 417 g/mol. The van der Waals surface area contributed by atoms with Crippen molar-refractivity contribution in [3.8, 4) is 5.75 Å². The normalized spacial score (nSPS) is 10.6. The van der Waals surface area contributed by atoms with Gasteiger partial charge in [-0.25, -0.2) is 9.37 Å². The molecule has 1 heterocycles. The van der Waals surface area contributed by atoms with E-state index in [0.717, 1.165) is 39.1 Å². The van der Waals surface area contributed by atoms with Crippen LogP contribution in [0.3, 0.4) is 0 Å². The summed E-state index contributed by atoms with van der Waals surface area (Å²) in [6.45, 7) is 0.572. The van der Waals surface area contributed by atoms with E-state index in [1.807, 2.05) is 29.6 Å². The van der Waals surface area contributed by atoms with Crippen molar-refractivity contribution in [2.24, 2.45) is 0 Å². The number of nitrogens with one attached hydrogen (secondary N) is 1. The van der Waals surface area contributed by atoms with E-state index < -0.39 is 0 Å². The number of carbonyl (C=O) groups is 1. The Hall–Kier alpha value is -2.38. The first-order valence-electron chi connectivity index (χ1n) is 8.83. The third-order valence-electron chi connectivity index (χ3n) is 4.02. The molecular weight excluding hydrogens is 395 g/mol. The standard InChI is InChI=1S/C21H21FN2O2S2/c1-26-19-4-2-3-15(11-19)9-10-23-20(25)12-18-14-28-21(24-18)27-13-16-5-7-17(22)8-6-16/h2-8,11,14H,9-10,12-13H2,1H3,(H,23,25). The van der Waals surface area contributed by atoms with Crippen LogP contribution in [0.15, 0.2) is 58.3 Å². The number of hydrogen-bond acceptors (Lipinski definition) is 5. The highest BCUT2D eigenvalue weighted by atomic mass is 32.2. The van der Waals surface area contributed by atoms with Crippen molar-refractivity contribution in [3.63, 3.8) is 0 Å². The second-order valence-corrected chi connectivity index (χ2v) is 8.23. The summed E-state index contributed by atoms with van der Waals surface area (Å²) in [6.07, 6.45) is 1.02. The zero-order valence-corrected chi connectivity index (χ0v) is 17.1. The number of methoxy groups -OCH3 is 1. The van der Waals surface area contributed by atoms with Crippen LogP contribution in [-0.4, -0.2) is 24.5 Å². The molecule has 2 aromatic carbocycles. The summed E-state index contributed by atoms with van der Waals surface area (Å²) >= 11 is 3.11. The minimum absolute atomic E-state index is 0.0386. The Morgan fingerprint density at radius 1 is 1.21 bits per heavy atom. The lowest BCUT2D eigenvalue weighted by atomic mass is 10.1. The topological polar surface area (TPSA) is 51.2 Å². The number of carbonyl (C=O) groups excluding carboxylic acids is 1. The number of halogens is 1. The summed E-state index contributed by atoms with van der Waals surface area (Å²) in [5, 5.41) is 4.84. The van der Waals surface area contributed by atoms with Crippen LogP contribution >= 0.6 is 23.1 Å². The molecule has 1 amide bonds. The maximum atomic E-state index is 12.9. The Morgan fingerprint density at radius 2 is 2.04 bits per heavy atom. The van der Waals surface area contributed by atoms with E-state index in [1.165, 1.54) is 23.5 Å². The van der Waals surface area contributed by atoms with Gasteiger partial charge in [-0.05, 0) is 41.8 Å². The first kappa shape index (κ1) is 20.4. The Balaban J connectivity index is 1.41. The third-order valence-corrected chi connectivity index (χ3v) is 6.16. The minimum atomic E-state index is -0.234. The maximum absolute atomic E-state index is 12.9. The maximum Gasteiger partial charge on any atom is 0.226 e. The van der Waals surface area contributed by atoms with Gasteiger partial charge < -0.3 is 10.1 Å². The van der Waals surface area contributed by atoms with Crippen LogP contribution in [0.2, 0.25) is 0 Å². The fourth-order valence-electron chi connectivity index (χ4n) is 2.56. The highest BCUT2D eigenvalue weighted by Gasteiger charge is 2.08. The first-order chi connectivity index (χ1) is 13.6. The number of thiazole rings is 1. The van der Waals surface area contributed by atoms with Crippen molar-refractivity contribution in [2.75, 3.05) is 13.7 Å². The first-order valence-corrected chi connectivity index (χ1v) is 10.7. The summed E-state index contributed by atoms with van der Waals surface area (Å²) in [6, 6.07) is 14.3. The predicted molar refractivity (Wildman–Crippen MR) is 111 cm³/mol. The van der Waals surface area contributed by atoms with Crippen molar-refractivity contribution < 1.29 is 13.9 Å². The van der Waals surface area contributed by atoms with E-state index in [0.29, 0.717) is 6.54 Å². The van der Waals surface area contributed by atoms with Gasteiger partial charge in [0.15, 0.2) is 0 Å². The third kappa shape index (κ3) is 6.35. The number of rotatable bonds is 9. The zero-order chi connectivity index (χ0) is 19.8. The summed E-state index contributed by atoms with van der Waals surface area (Å²) in [5.74, 6) is 1.27. The molecule has 28 heavy (non-hydrogen) atoms. The minimum Gasteiger partial charge on any atom is -0.497 e. The molecule has 0 aliphatic heterocycles. The quantitative estimate of drug-likeness (QED) is 0.523. The SMILES string of the molecule is COc1cccc(CCNC(=O)Cc2csc(SCc3ccc(F)cc3)n2)c1. The summed E-state index contributed by atoms with van der Waals surface area (Å²) < 4.78 is 19.0. The molecule has 3 rings (SSSR count). The molecule has 0 spiro atoms. The van der Waals surface area contributed by atoms with Gasteiger partial charge in [0.25, 0.3) is 0 Å². The molecule has 7 heteroatoms. The van der Waals surface area contributed by atoms with Crippen LogP contribution in [0.5, 0.6) is 5.75 Å². The van der Waals surface area contributed by atoms with Crippen molar-refractivity contribution >= 4 is 29.0 Å². The van der Waals surface area contributed by atoms with E-state index in [1.54, 1.807) is 31.0 Å². The van der Waals surface area contributed by atoms with Crippen LogP contribution in [0.25, 0.3) is 0 Å². The van der Waals surface area contributed by atoms with Gasteiger partial charge in [0.05, 0.1) is 19.2 Å². The van der Waals surface area contributed by atoms with Gasteiger partial charge in [-0.15, -0.1) is 11.3 Å². The van der Waals surface area contributed by atoms with Crippen LogP contribution < -0.4 is 10.1 Å². The molecular formula is C21H21FN2O2S2. The smallest absolute Gasteiger partial charge is 0.226 e. The molecule has 0 saturated carbocycles. The molecule has 0 radical (unpaired) electrons. The van der Waals surface area contributed by atoms with Crippen molar-refractivity contribution in [1.29, 1.82) is 0 Å². The van der Waals surface area contributed by atoms with Crippen LogP contribution in [0.1, 0.15) is 16.8 Å². The highest BCUT2D eigenvalue weighted by Crippen LogP contribution is 2.26. The van der Waals surface area contributed by atoms with Crippen molar-refractivity contribution in [2.45, 2.75) is 22.9 Å². The van der Waals surface area contributed by atoms with Gasteiger partial charge in [0.2, 0.25) is 5.91 Å². The average Bonchev–Trinajstić information content (AvgIpc) is 3.15. The summed E-state index contributed by atoms with van der Waals surface area (Å²) in [7, 11) is 1.64. The van der Waals surface area contributed by atoms with Gasteiger partial charge in [0.1, 0.15) is 15.9 Å². The predicted octanol–water partition coefficient (Wildman–Crippen LogP) is 4.48. The lowest BCUT2D eigenvalue weighted by molar-refractivity contribution is -0.120. The molecule has 0 atom stereocenters. The van der Waals surface area contributed by atoms with Crippen LogP contribution in [0, 0.1) is 5.82 Å². The Bertz CT molecular complexity index is 913. The van der Waals surface area contributed by atoms with E-state index in [2.05, 4.69) is 10.3 Å². The Kier molecular flexibility index (Phi) is 7.45. The number of thioether (sulfide) groups is 1. The Labute approximate surface area is 172 Å². The molecule has 0 aliphatic rings. The summed E-state index contributed by atoms with van der Waals surface area (Å²) in [5.41, 5.74) is 2.93. The molecule has 146 valence electrons. The monoisotopic (exact) mass is 416 g/mol. The van der Waals surface area contributed by atoms with Crippen molar-refractivity contribution in [3.05, 3.63) is 76.5 Å². The van der Waals surface area contributed by atoms with Crippen LogP contribution in [-0.2, 0) is 23.4 Å². The Morgan fingerprint density at radius 3 is 2.82 bits per heavy atom. The molecule has 0 unspecified atom stereocenters. The fraction of sp³-hybridized carbons (Fsp3) is 0.238. The van der Waals surface area contributed by atoms with Gasteiger partial charge in [-0.3, -0.25) is 4.79 Å². The molecule has 1 N–H and O–H groups in total. The van der Waals surface area contributed by atoms with Gasteiger partial charge in [-0.2, -0.15) is 0 Å². The van der Waals surface area contributed by atoms with E-state index in [-0.39, 0.29) is 18.1 Å². The molecule has 4 nitrogen and oxygen atoms in total. The van der Waals surface area contributed by atoms with Gasteiger partial charge >= 0.3 is 0 Å². The number of ether oxygens (including phenoxy) is 1. The lowest BCUT2D eigenvalue weighted by Gasteiger charge is -2.06. The van der Waals surface area contributed by atoms with Crippen LogP contribution in [0.4, 0.5) is 4.39 Å². The molecule has 0 bridgehead atoms. The second kappa shape index (κ2) is 10.2. The number of nitrogens with zero attached hydrogens (tertiary/aromatic N) is 1. The lowest BCUT2D eigenvalue weighted by Crippen LogP contribution is -2.27. The number of benzene rings is 2. The molecule has 0 fully saturated rings. The molecule has 3 aromatic rings. The largest absolute Gasteiger partial charge is 0.497 e. The molecule has 0 aliphatic carbocycles. The fourth-order valence-corrected chi connectivity index (χ4v) is 4.36. The summed E-state index contributed by atoms with van der Waals surface area (Å²) in [4.78, 5) is 16.6. The van der Waals surface area contributed by atoms with Gasteiger partial charge in [-0.1, -0.05) is 36.0 Å². The second-order valence-electron chi connectivity index (χ2n) is 6.15. The zero-order valence-electron chi connectivity index (χ0n) is 15.5. The van der Waals surface area contributed by atoms with Gasteiger partial charge in [0, 0.05) is 17.7 Å². The van der Waals surface area contributed by atoms with Crippen molar-refractivity contribution in [1.82, 2.24) is 10.3 Å². The number of amides is 1. The highest BCUT2D eigenvalue weighted by molar-refractivity contribution is 8.00. The number of aromatic nitrogens is 1. The molecule has 0 saturated heterocycles. The van der Waals surface area contributed by atoms with E-state index in [9.17, 15) is 9.18 Å². The molecule has 1 aromatic heterocycles. The van der Waals surface area contributed by atoms with E-state index >= 15 is 0 Å². The number of hydrogen-bond donors (Lipinski definition) is 1. The van der Waals surface area contributed by atoms with E-state index in [4.69, 9.17) is 4.74 Å².